The lowest BCUT2D eigenvalue weighted by atomic mass is 9.97. The van der Waals surface area contributed by atoms with E-state index in [1.54, 1.807) is 0 Å². The first-order valence-electron chi connectivity index (χ1n) is 10.8. The highest BCUT2D eigenvalue weighted by Crippen LogP contribution is 2.24. The number of ether oxygens (including phenoxy) is 1. The highest BCUT2D eigenvalue weighted by atomic mass is 19.3. The smallest absolute Gasteiger partial charge is 0.387 e. The van der Waals surface area contributed by atoms with Gasteiger partial charge in [-0.15, -0.1) is 0 Å². The molecule has 34 heavy (non-hydrogen) atoms. The lowest BCUT2D eigenvalue weighted by molar-refractivity contribution is -0.0522. The summed E-state index contributed by atoms with van der Waals surface area (Å²) in [6, 6.07) is 8.11. The Hall–Kier alpha value is -3.03. The van der Waals surface area contributed by atoms with E-state index in [0.29, 0.717) is 17.5 Å². The zero-order chi connectivity index (χ0) is 24.8. The van der Waals surface area contributed by atoms with Gasteiger partial charge in [-0.1, -0.05) is 19.4 Å². The lowest BCUT2D eigenvalue weighted by Crippen LogP contribution is -2.05. The van der Waals surface area contributed by atoms with Gasteiger partial charge in [-0.3, -0.25) is 0 Å². The van der Waals surface area contributed by atoms with Crippen molar-refractivity contribution in [1.82, 2.24) is 0 Å². The second-order valence-corrected chi connectivity index (χ2v) is 7.97. The van der Waals surface area contributed by atoms with E-state index in [2.05, 4.69) is 4.74 Å². The van der Waals surface area contributed by atoms with E-state index >= 15 is 0 Å². The van der Waals surface area contributed by atoms with Gasteiger partial charge in [0.2, 0.25) is 0 Å². The van der Waals surface area contributed by atoms with Crippen molar-refractivity contribution in [3.05, 3.63) is 99.4 Å². The maximum Gasteiger partial charge on any atom is 0.387 e. The van der Waals surface area contributed by atoms with Crippen LogP contribution in [-0.4, -0.2) is 6.61 Å². The predicted octanol–water partition coefficient (Wildman–Crippen LogP) is 7.51. The largest absolute Gasteiger partial charge is 0.432 e. The molecule has 0 atom stereocenters. The van der Waals surface area contributed by atoms with Crippen molar-refractivity contribution in [2.24, 2.45) is 0 Å². The van der Waals surface area contributed by atoms with Crippen LogP contribution in [0.25, 0.3) is 0 Å². The van der Waals surface area contributed by atoms with Gasteiger partial charge in [-0.25, -0.2) is 22.0 Å². The molecular formula is C26H23F7O. The van der Waals surface area contributed by atoms with Crippen molar-refractivity contribution in [2.75, 3.05) is 0 Å². The SMILES string of the molecule is CCCc1cc(F)c(CCc2cc(F)c(CCc3ccc(OC(F)F)c(F)c3)c(F)c2)c(F)c1. The summed E-state index contributed by atoms with van der Waals surface area (Å²) in [5.74, 6) is -4.64. The first-order chi connectivity index (χ1) is 16.2. The summed E-state index contributed by atoms with van der Waals surface area (Å²) < 4.78 is 100.0. The second kappa shape index (κ2) is 11.4. The maximum atomic E-state index is 14.6. The molecule has 0 fully saturated rings. The summed E-state index contributed by atoms with van der Waals surface area (Å²) in [4.78, 5) is 0. The summed E-state index contributed by atoms with van der Waals surface area (Å²) in [5, 5.41) is 0. The third-order valence-electron chi connectivity index (χ3n) is 5.48. The molecule has 3 aromatic rings. The van der Waals surface area contributed by atoms with E-state index in [1.165, 1.54) is 18.2 Å². The van der Waals surface area contributed by atoms with Crippen LogP contribution in [0.15, 0.2) is 42.5 Å². The van der Waals surface area contributed by atoms with Crippen LogP contribution in [0.5, 0.6) is 5.75 Å². The van der Waals surface area contributed by atoms with Crippen LogP contribution in [0.1, 0.15) is 41.2 Å². The van der Waals surface area contributed by atoms with Crippen molar-refractivity contribution in [2.45, 2.75) is 52.1 Å². The minimum Gasteiger partial charge on any atom is -0.432 e. The number of aryl methyl sites for hydroxylation is 3. The fourth-order valence-corrected chi connectivity index (χ4v) is 3.80. The fraction of sp³-hybridized carbons (Fsp3) is 0.308. The van der Waals surface area contributed by atoms with Gasteiger partial charge in [0.15, 0.2) is 11.6 Å². The number of rotatable bonds is 10. The number of benzene rings is 3. The molecule has 0 amide bonds. The molecule has 0 unspecified atom stereocenters. The molecule has 0 aromatic heterocycles. The Morgan fingerprint density at radius 2 is 1.03 bits per heavy atom. The van der Waals surface area contributed by atoms with Crippen molar-refractivity contribution >= 4 is 0 Å². The van der Waals surface area contributed by atoms with Crippen molar-refractivity contribution in [3.8, 4) is 5.75 Å². The van der Waals surface area contributed by atoms with Crippen LogP contribution in [0.2, 0.25) is 0 Å². The van der Waals surface area contributed by atoms with Crippen molar-refractivity contribution in [1.29, 1.82) is 0 Å². The number of hydrogen-bond donors (Lipinski definition) is 0. The van der Waals surface area contributed by atoms with Crippen molar-refractivity contribution < 1.29 is 35.5 Å². The first kappa shape index (κ1) is 25.6. The Kier molecular flexibility index (Phi) is 8.58. The molecular weight excluding hydrogens is 461 g/mol. The Morgan fingerprint density at radius 3 is 1.47 bits per heavy atom. The quantitative estimate of drug-likeness (QED) is 0.271. The molecule has 0 saturated carbocycles. The van der Waals surface area contributed by atoms with Gasteiger partial charge in [0, 0.05) is 11.1 Å². The van der Waals surface area contributed by atoms with E-state index in [0.717, 1.165) is 30.7 Å². The molecule has 3 aromatic carbocycles. The normalized spacial score (nSPS) is 11.3. The van der Waals surface area contributed by atoms with Crippen LogP contribution in [0.4, 0.5) is 30.7 Å². The maximum absolute atomic E-state index is 14.6. The van der Waals surface area contributed by atoms with E-state index in [-0.39, 0.29) is 42.4 Å². The van der Waals surface area contributed by atoms with E-state index < -0.39 is 41.4 Å². The van der Waals surface area contributed by atoms with Crippen molar-refractivity contribution in [3.63, 3.8) is 0 Å². The van der Waals surface area contributed by atoms with Crippen LogP contribution >= 0.6 is 0 Å². The van der Waals surface area contributed by atoms with Gasteiger partial charge in [0.25, 0.3) is 0 Å². The Morgan fingerprint density at radius 1 is 0.588 bits per heavy atom. The monoisotopic (exact) mass is 484 g/mol. The minimum atomic E-state index is -3.17. The molecule has 0 heterocycles. The molecule has 1 nitrogen and oxygen atoms in total. The Balaban J connectivity index is 1.67. The molecule has 0 spiro atoms. The highest BCUT2D eigenvalue weighted by Gasteiger charge is 2.16. The van der Waals surface area contributed by atoms with Crippen LogP contribution < -0.4 is 4.74 Å². The van der Waals surface area contributed by atoms with Crippen LogP contribution in [0, 0.1) is 29.1 Å². The highest BCUT2D eigenvalue weighted by molar-refractivity contribution is 5.32. The van der Waals surface area contributed by atoms with Gasteiger partial charge in [0.05, 0.1) is 0 Å². The minimum absolute atomic E-state index is 0.0336. The summed E-state index contributed by atoms with van der Waals surface area (Å²) in [6.07, 6.45) is 1.22. The standard InChI is InChI=1S/C26H23F7O/c1-2-3-16-11-20(27)19(21(28)12-16)8-5-17-13-22(29)18(23(30)14-17)7-4-15-6-9-25(24(31)10-15)34-26(32)33/h6,9-14,26H,2-5,7-8H2,1H3. The molecule has 0 aliphatic rings. The molecule has 3 rings (SSSR count). The van der Waals surface area contributed by atoms with Crippen LogP contribution in [-0.2, 0) is 32.1 Å². The van der Waals surface area contributed by atoms with E-state index in [4.69, 9.17) is 0 Å². The molecule has 0 saturated heterocycles. The van der Waals surface area contributed by atoms with Gasteiger partial charge in [-0.05, 0) is 85.2 Å². The predicted molar refractivity (Wildman–Crippen MR) is 115 cm³/mol. The molecule has 0 aliphatic heterocycles. The van der Waals surface area contributed by atoms with Gasteiger partial charge in [-0.2, -0.15) is 8.78 Å². The molecule has 8 heteroatoms. The molecule has 0 radical (unpaired) electrons. The fourth-order valence-electron chi connectivity index (χ4n) is 3.80. The lowest BCUT2D eigenvalue weighted by Gasteiger charge is -2.11. The third-order valence-corrected chi connectivity index (χ3v) is 5.48. The summed E-state index contributed by atoms with van der Waals surface area (Å²) in [7, 11) is 0. The van der Waals surface area contributed by atoms with E-state index in [9.17, 15) is 30.7 Å². The van der Waals surface area contributed by atoms with Crippen LogP contribution in [0.3, 0.4) is 0 Å². The average Bonchev–Trinajstić information content (AvgIpc) is 2.74. The zero-order valence-electron chi connectivity index (χ0n) is 18.4. The number of halogens is 7. The van der Waals surface area contributed by atoms with Gasteiger partial charge in [0.1, 0.15) is 23.3 Å². The molecule has 182 valence electrons. The zero-order valence-corrected chi connectivity index (χ0v) is 18.4. The number of hydrogen-bond acceptors (Lipinski definition) is 1. The average molecular weight is 484 g/mol. The topological polar surface area (TPSA) is 9.23 Å². The van der Waals surface area contributed by atoms with Gasteiger partial charge < -0.3 is 4.74 Å². The summed E-state index contributed by atoms with van der Waals surface area (Å²) in [5.41, 5.74) is 0.789. The Bertz CT molecular complexity index is 1100. The third kappa shape index (κ3) is 6.52. The Labute approximate surface area is 193 Å². The molecule has 0 N–H and O–H groups in total. The van der Waals surface area contributed by atoms with E-state index in [1.807, 2.05) is 6.92 Å². The first-order valence-corrected chi connectivity index (χ1v) is 10.8. The second-order valence-electron chi connectivity index (χ2n) is 7.97. The summed E-state index contributed by atoms with van der Waals surface area (Å²) >= 11 is 0. The molecule has 0 aliphatic carbocycles. The number of alkyl halides is 2. The molecule has 0 bridgehead atoms. The summed E-state index contributed by atoms with van der Waals surface area (Å²) in [6.45, 7) is -1.27. The van der Waals surface area contributed by atoms with Gasteiger partial charge >= 0.3 is 6.61 Å².